The average molecular weight is 308 g/mol. The van der Waals surface area contributed by atoms with Crippen LogP contribution in [-0.4, -0.2) is 30.8 Å². The highest BCUT2D eigenvalue weighted by atomic mass is 32.1. The first-order valence-electron chi connectivity index (χ1n) is 8.23. The van der Waals surface area contributed by atoms with Crippen LogP contribution in [0.3, 0.4) is 0 Å². The maximum atomic E-state index is 5.82. The Labute approximate surface area is 132 Å². The summed E-state index contributed by atoms with van der Waals surface area (Å²) in [6.45, 7) is 9.61. The highest BCUT2D eigenvalue weighted by Crippen LogP contribution is 2.35. The van der Waals surface area contributed by atoms with E-state index in [9.17, 15) is 0 Å². The number of nitrogens with one attached hydrogen (secondary N) is 1. The molecule has 118 valence electrons. The Morgan fingerprint density at radius 2 is 2.24 bits per heavy atom. The zero-order valence-corrected chi connectivity index (χ0v) is 14.4. The summed E-state index contributed by atoms with van der Waals surface area (Å²) in [5.74, 6) is 0. The molecule has 1 aliphatic carbocycles. The standard InChI is InChI=1S/C17H28N2OS/c1-16(2,3)14-10-21-15(19-14)9-17(7-4-8-20-12-17)11-18-13-5-6-13/h10,13,18H,4-9,11-12H2,1-3H3. The predicted octanol–water partition coefficient (Wildman–Crippen LogP) is 3.53. The summed E-state index contributed by atoms with van der Waals surface area (Å²) < 4.78 is 5.82. The van der Waals surface area contributed by atoms with E-state index in [0.29, 0.717) is 0 Å². The van der Waals surface area contributed by atoms with Crippen molar-refractivity contribution in [2.45, 2.75) is 64.3 Å². The van der Waals surface area contributed by atoms with E-state index in [1.165, 1.54) is 36.4 Å². The number of hydrogen-bond donors (Lipinski definition) is 1. The maximum absolute atomic E-state index is 5.82. The van der Waals surface area contributed by atoms with Gasteiger partial charge in [0.15, 0.2) is 0 Å². The van der Waals surface area contributed by atoms with Gasteiger partial charge in [0.1, 0.15) is 0 Å². The van der Waals surface area contributed by atoms with E-state index in [4.69, 9.17) is 9.72 Å². The fourth-order valence-corrected chi connectivity index (χ4v) is 4.15. The van der Waals surface area contributed by atoms with Gasteiger partial charge in [-0.3, -0.25) is 0 Å². The van der Waals surface area contributed by atoms with Crippen molar-refractivity contribution in [3.05, 3.63) is 16.1 Å². The summed E-state index contributed by atoms with van der Waals surface area (Å²) in [5, 5.41) is 7.24. The molecule has 2 aliphatic rings. The largest absolute Gasteiger partial charge is 0.381 e. The van der Waals surface area contributed by atoms with E-state index in [2.05, 4.69) is 31.5 Å². The first kappa shape index (κ1) is 15.4. The normalized spacial score (nSPS) is 27.0. The van der Waals surface area contributed by atoms with Gasteiger partial charge in [-0.1, -0.05) is 20.8 Å². The van der Waals surface area contributed by atoms with Crippen molar-refractivity contribution in [1.29, 1.82) is 0 Å². The van der Waals surface area contributed by atoms with Crippen LogP contribution in [0.4, 0.5) is 0 Å². The van der Waals surface area contributed by atoms with E-state index in [1.807, 2.05) is 11.3 Å². The molecule has 0 bridgehead atoms. The minimum Gasteiger partial charge on any atom is -0.381 e. The monoisotopic (exact) mass is 308 g/mol. The lowest BCUT2D eigenvalue weighted by molar-refractivity contribution is -0.00739. The van der Waals surface area contributed by atoms with Crippen LogP contribution < -0.4 is 5.32 Å². The third kappa shape index (κ3) is 4.05. The van der Waals surface area contributed by atoms with Crippen molar-refractivity contribution in [3.63, 3.8) is 0 Å². The Balaban J connectivity index is 1.69. The minimum atomic E-state index is 0.150. The molecule has 0 spiro atoms. The Morgan fingerprint density at radius 3 is 2.81 bits per heavy atom. The van der Waals surface area contributed by atoms with Crippen molar-refractivity contribution in [3.8, 4) is 0 Å². The Bertz CT molecular complexity index is 467. The Kier molecular flexibility index (Phi) is 4.40. The molecule has 1 unspecified atom stereocenters. The van der Waals surface area contributed by atoms with E-state index in [-0.39, 0.29) is 10.8 Å². The van der Waals surface area contributed by atoms with Gasteiger partial charge >= 0.3 is 0 Å². The van der Waals surface area contributed by atoms with Crippen LogP contribution in [0.15, 0.2) is 5.38 Å². The molecule has 3 rings (SSSR count). The number of aromatic nitrogens is 1. The molecule has 0 amide bonds. The summed E-state index contributed by atoms with van der Waals surface area (Å²) in [6.07, 6.45) is 6.21. The fourth-order valence-electron chi connectivity index (χ4n) is 2.96. The van der Waals surface area contributed by atoms with Gasteiger partial charge in [0.05, 0.1) is 17.3 Å². The van der Waals surface area contributed by atoms with Gasteiger partial charge in [0, 0.05) is 41.8 Å². The fraction of sp³-hybridized carbons (Fsp3) is 0.824. The molecule has 4 heteroatoms. The number of thiazole rings is 1. The molecule has 0 aromatic carbocycles. The summed E-state index contributed by atoms with van der Waals surface area (Å²) in [5.41, 5.74) is 1.63. The van der Waals surface area contributed by atoms with Gasteiger partial charge in [-0.15, -0.1) is 11.3 Å². The van der Waals surface area contributed by atoms with Gasteiger partial charge in [-0.25, -0.2) is 4.98 Å². The lowest BCUT2D eigenvalue weighted by Gasteiger charge is -2.37. The average Bonchev–Trinajstić information content (AvgIpc) is 3.15. The highest BCUT2D eigenvalue weighted by molar-refractivity contribution is 7.09. The van der Waals surface area contributed by atoms with E-state index in [1.54, 1.807) is 0 Å². The van der Waals surface area contributed by atoms with Crippen LogP contribution in [0.5, 0.6) is 0 Å². The number of hydrogen-bond acceptors (Lipinski definition) is 4. The molecule has 1 aromatic rings. The quantitative estimate of drug-likeness (QED) is 0.903. The minimum absolute atomic E-state index is 0.150. The second-order valence-corrected chi connectivity index (χ2v) is 8.81. The summed E-state index contributed by atoms with van der Waals surface area (Å²) >= 11 is 1.82. The van der Waals surface area contributed by atoms with Gasteiger partial charge in [0.25, 0.3) is 0 Å². The van der Waals surface area contributed by atoms with Crippen LogP contribution in [0.25, 0.3) is 0 Å². The van der Waals surface area contributed by atoms with Crippen LogP contribution in [0.2, 0.25) is 0 Å². The second kappa shape index (κ2) is 5.98. The smallest absolute Gasteiger partial charge is 0.0935 e. The second-order valence-electron chi connectivity index (χ2n) is 7.86. The van der Waals surface area contributed by atoms with Gasteiger partial charge in [0.2, 0.25) is 0 Å². The molecule has 1 aliphatic heterocycles. The van der Waals surface area contributed by atoms with Crippen LogP contribution in [0, 0.1) is 5.41 Å². The third-order valence-corrected chi connectivity index (χ3v) is 5.44. The molecule has 2 fully saturated rings. The molecule has 0 radical (unpaired) electrons. The summed E-state index contributed by atoms with van der Waals surface area (Å²) in [7, 11) is 0. The van der Waals surface area contributed by atoms with E-state index in [0.717, 1.165) is 32.2 Å². The molecule has 1 aromatic heterocycles. The molecule has 1 N–H and O–H groups in total. The first-order chi connectivity index (χ1) is 9.97. The van der Waals surface area contributed by atoms with E-state index >= 15 is 0 Å². The zero-order valence-electron chi connectivity index (χ0n) is 13.6. The van der Waals surface area contributed by atoms with Gasteiger partial charge in [-0.05, 0) is 25.7 Å². The highest BCUT2D eigenvalue weighted by Gasteiger charge is 2.36. The van der Waals surface area contributed by atoms with Crippen molar-refractivity contribution in [1.82, 2.24) is 10.3 Å². The van der Waals surface area contributed by atoms with Gasteiger partial charge < -0.3 is 10.1 Å². The van der Waals surface area contributed by atoms with Crippen molar-refractivity contribution >= 4 is 11.3 Å². The lowest BCUT2D eigenvalue weighted by Crippen LogP contribution is -2.43. The molecule has 21 heavy (non-hydrogen) atoms. The SMILES string of the molecule is CC(C)(C)c1csc(CC2(CNC3CC3)CCCOC2)n1. The number of ether oxygens (including phenoxy) is 1. The van der Waals surface area contributed by atoms with Crippen molar-refractivity contribution in [2.24, 2.45) is 5.41 Å². The summed E-state index contributed by atoms with van der Waals surface area (Å²) in [4.78, 5) is 4.90. The summed E-state index contributed by atoms with van der Waals surface area (Å²) in [6, 6.07) is 0.769. The van der Waals surface area contributed by atoms with E-state index < -0.39 is 0 Å². The molecular formula is C17H28N2OS. The zero-order chi connectivity index (χ0) is 14.9. The van der Waals surface area contributed by atoms with Crippen LogP contribution in [0.1, 0.15) is 57.2 Å². The van der Waals surface area contributed by atoms with Crippen LogP contribution in [-0.2, 0) is 16.6 Å². The molecular weight excluding hydrogens is 280 g/mol. The van der Waals surface area contributed by atoms with Crippen molar-refractivity contribution in [2.75, 3.05) is 19.8 Å². The third-order valence-electron chi connectivity index (χ3n) is 4.59. The molecule has 1 atom stereocenters. The molecule has 3 nitrogen and oxygen atoms in total. The molecule has 1 saturated carbocycles. The lowest BCUT2D eigenvalue weighted by atomic mass is 9.79. The Morgan fingerprint density at radius 1 is 1.43 bits per heavy atom. The molecule has 2 heterocycles. The predicted molar refractivity (Wildman–Crippen MR) is 88.0 cm³/mol. The topological polar surface area (TPSA) is 34.1 Å². The molecule has 1 saturated heterocycles. The Hall–Kier alpha value is -0.450. The number of nitrogens with zero attached hydrogens (tertiary/aromatic N) is 1. The van der Waals surface area contributed by atoms with Crippen molar-refractivity contribution < 1.29 is 4.74 Å². The van der Waals surface area contributed by atoms with Crippen LogP contribution >= 0.6 is 11.3 Å². The first-order valence-corrected chi connectivity index (χ1v) is 9.11. The maximum Gasteiger partial charge on any atom is 0.0935 e. The van der Waals surface area contributed by atoms with Gasteiger partial charge in [-0.2, -0.15) is 0 Å². The number of rotatable bonds is 5.